The van der Waals surface area contributed by atoms with Crippen molar-refractivity contribution in [3.05, 3.63) is 70.6 Å². The summed E-state index contributed by atoms with van der Waals surface area (Å²) >= 11 is 0. The smallest absolute Gasteiger partial charge is 0.118 e. The van der Waals surface area contributed by atoms with Crippen LogP contribution in [0, 0.1) is 27.2 Å². The van der Waals surface area contributed by atoms with Gasteiger partial charge in [0.2, 0.25) is 0 Å². The Kier molecular flexibility index (Phi) is 4.26. The van der Waals surface area contributed by atoms with Crippen molar-refractivity contribution in [3.63, 3.8) is 0 Å². The van der Waals surface area contributed by atoms with Crippen LogP contribution in [-0.2, 0) is 6.42 Å². The predicted molar refractivity (Wildman–Crippen MR) is 80.8 cm³/mol. The molecule has 99 valence electrons. The lowest BCUT2D eigenvalue weighted by molar-refractivity contribution is 0.414. The van der Waals surface area contributed by atoms with Gasteiger partial charge in [0.15, 0.2) is 0 Å². The molecular weight excluding hydrogens is 232 g/mol. The van der Waals surface area contributed by atoms with Crippen LogP contribution in [-0.4, -0.2) is 7.11 Å². The molecule has 2 rings (SSSR count). The van der Waals surface area contributed by atoms with Gasteiger partial charge in [-0.25, -0.2) is 0 Å². The van der Waals surface area contributed by atoms with E-state index in [1.54, 1.807) is 7.11 Å². The average Bonchev–Trinajstić information content (AvgIpc) is 2.38. The van der Waals surface area contributed by atoms with Gasteiger partial charge in [0, 0.05) is 0 Å². The molecule has 1 radical (unpaired) electrons. The topological polar surface area (TPSA) is 9.23 Å². The van der Waals surface area contributed by atoms with Crippen LogP contribution < -0.4 is 4.74 Å². The van der Waals surface area contributed by atoms with Crippen molar-refractivity contribution < 1.29 is 4.74 Å². The summed E-state index contributed by atoms with van der Waals surface area (Å²) in [5, 5.41) is 0. The fraction of sp³-hybridized carbons (Fsp3) is 0.278. The van der Waals surface area contributed by atoms with Crippen LogP contribution in [0.1, 0.15) is 27.8 Å². The number of hydrogen-bond donors (Lipinski definition) is 0. The summed E-state index contributed by atoms with van der Waals surface area (Å²) in [6.45, 7) is 6.53. The van der Waals surface area contributed by atoms with E-state index in [-0.39, 0.29) is 0 Å². The number of ether oxygens (including phenoxy) is 1. The van der Waals surface area contributed by atoms with Crippen molar-refractivity contribution in [1.29, 1.82) is 0 Å². The highest BCUT2D eigenvalue weighted by atomic mass is 16.5. The Morgan fingerprint density at radius 1 is 0.947 bits per heavy atom. The lowest BCUT2D eigenvalue weighted by atomic mass is 9.94. The molecule has 0 aromatic heterocycles. The standard InChI is InChI=1S/C18H21O/c1-13-11-14(2)18(15(3)12-13)10-7-16-5-8-17(19-4)9-6-16/h5-9,11-12H,10H2,1-4H3. The first-order valence-corrected chi connectivity index (χ1v) is 6.64. The van der Waals surface area contributed by atoms with E-state index in [2.05, 4.69) is 51.5 Å². The van der Waals surface area contributed by atoms with E-state index < -0.39 is 0 Å². The summed E-state index contributed by atoms with van der Waals surface area (Å²) in [5.74, 6) is 0.903. The molecule has 0 N–H and O–H groups in total. The highest BCUT2D eigenvalue weighted by molar-refractivity contribution is 5.40. The van der Waals surface area contributed by atoms with E-state index in [0.29, 0.717) is 0 Å². The fourth-order valence-corrected chi connectivity index (χ4v) is 2.49. The van der Waals surface area contributed by atoms with Gasteiger partial charge < -0.3 is 4.74 Å². The summed E-state index contributed by atoms with van der Waals surface area (Å²) in [7, 11) is 1.69. The van der Waals surface area contributed by atoms with E-state index in [0.717, 1.165) is 12.2 Å². The monoisotopic (exact) mass is 253 g/mol. The van der Waals surface area contributed by atoms with Crippen molar-refractivity contribution in [2.45, 2.75) is 27.2 Å². The maximum atomic E-state index is 5.17. The normalized spacial score (nSPS) is 10.5. The van der Waals surface area contributed by atoms with Crippen LogP contribution >= 0.6 is 0 Å². The van der Waals surface area contributed by atoms with Gasteiger partial charge >= 0.3 is 0 Å². The molecule has 0 saturated heterocycles. The minimum Gasteiger partial charge on any atom is -0.497 e. The van der Waals surface area contributed by atoms with E-state index >= 15 is 0 Å². The summed E-state index contributed by atoms with van der Waals surface area (Å²) in [6.07, 6.45) is 3.24. The SMILES string of the molecule is COc1ccc([CH]Cc2c(C)cc(C)cc2C)cc1. The van der Waals surface area contributed by atoms with Crippen LogP contribution in [0.4, 0.5) is 0 Å². The predicted octanol–water partition coefficient (Wildman–Crippen LogP) is 4.42. The second kappa shape index (κ2) is 5.92. The second-order valence-electron chi connectivity index (χ2n) is 5.06. The first-order chi connectivity index (χ1) is 9.10. The second-order valence-corrected chi connectivity index (χ2v) is 5.06. The largest absolute Gasteiger partial charge is 0.497 e. The van der Waals surface area contributed by atoms with E-state index in [9.17, 15) is 0 Å². The van der Waals surface area contributed by atoms with Crippen molar-refractivity contribution in [1.82, 2.24) is 0 Å². The summed E-state index contributed by atoms with van der Waals surface area (Å²) in [5.41, 5.74) is 6.76. The Hall–Kier alpha value is -1.76. The minimum absolute atomic E-state index is 0.903. The number of aryl methyl sites for hydroxylation is 3. The molecular formula is C18H21O. The molecule has 1 nitrogen and oxygen atoms in total. The van der Waals surface area contributed by atoms with Gasteiger partial charge in [-0.05, 0) is 68.0 Å². The molecule has 2 aromatic rings. The minimum atomic E-state index is 0.903. The van der Waals surface area contributed by atoms with Gasteiger partial charge in [0.1, 0.15) is 5.75 Å². The molecule has 0 saturated carbocycles. The molecule has 0 fully saturated rings. The fourth-order valence-electron chi connectivity index (χ4n) is 2.49. The Morgan fingerprint density at radius 3 is 2.05 bits per heavy atom. The third kappa shape index (κ3) is 3.37. The molecule has 0 amide bonds. The average molecular weight is 253 g/mol. The van der Waals surface area contributed by atoms with Crippen molar-refractivity contribution in [2.24, 2.45) is 0 Å². The summed E-state index contributed by atoms with van der Waals surface area (Å²) in [4.78, 5) is 0. The summed E-state index contributed by atoms with van der Waals surface area (Å²) in [6, 6.07) is 12.7. The Bertz CT molecular complexity index is 529. The van der Waals surface area contributed by atoms with E-state index in [1.807, 2.05) is 12.1 Å². The van der Waals surface area contributed by atoms with Crippen LogP contribution in [0.3, 0.4) is 0 Å². The quantitative estimate of drug-likeness (QED) is 0.784. The number of hydrogen-bond acceptors (Lipinski definition) is 1. The molecule has 19 heavy (non-hydrogen) atoms. The molecule has 2 aromatic carbocycles. The van der Waals surface area contributed by atoms with Crippen molar-refractivity contribution in [2.75, 3.05) is 7.11 Å². The van der Waals surface area contributed by atoms with Crippen molar-refractivity contribution >= 4 is 0 Å². The van der Waals surface area contributed by atoms with E-state index in [1.165, 1.54) is 27.8 Å². The molecule has 0 aliphatic carbocycles. The maximum Gasteiger partial charge on any atom is 0.118 e. The van der Waals surface area contributed by atoms with Gasteiger partial charge in [-0.3, -0.25) is 0 Å². The van der Waals surface area contributed by atoms with Crippen LogP contribution in [0.25, 0.3) is 0 Å². The van der Waals surface area contributed by atoms with Crippen LogP contribution in [0.15, 0.2) is 36.4 Å². The van der Waals surface area contributed by atoms with Crippen LogP contribution in [0.5, 0.6) is 5.75 Å². The molecule has 0 heterocycles. The zero-order chi connectivity index (χ0) is 13.8. The van der Waals surface area contributed by atoms with Gasteiger partial charge in [-0.15, -0.1) is 0 Å². The maximum absolute atomic E-state index is 5.17. The number of benzene rings is 2. The zero-order valence-corrected chi connectivity index (χ0v) is 12.2. The highest BCUT2D eigenvalue weighted by Crippen LogP contribution is 2.20. The van der Waals surface area contributed by atoms with Gasteiger partial charge in [-0.2, -0.15) is 0 Å². The van der Waals surface area contributed by atoms with Gasteiger partial charge in [0.25, 0.3) is 0 Å². The molecule has 0 spiro atoms. The molecule has 0 aliphatic rings. The Morgan fingerprint density at radius 2 is 1.53 bits per heavy atom. The molecule has 0 aliphatic heterocycles. The lowest BCUT2D eigenvalue weighted by Gasteiger charge is -2.11. The Labute approximate surface area is 116 Å². The first kappa shape index (κ1) is 13.7. The molecule has 0 atom stereocenters. The highest BCUT2D eigenvalue weighted by Gasteiger charge is 2.04. The first-order valence-electron chi connectivity index (χ1n) is 6.64. The third-order valence-electron chi connectivity index (χ3n) is 3.50. The molecule has 1 heteroatoms. The van der Waals surface area contributed by atoms with Gasteiger partial charge in [-0.1, -0.05) is 29.8 Å². The lowest BCUT2D eigenvalue weighted by Crippen LogP contribution is -1.97. The van der Waals surface area contributed by atoms with Gasteiger partial charge in [0.05, 0.1) is 7.11 Å². The number of methoxy groups -OCH3 is 1. The Balaban J connectivity index is 2.10. The number of rotatable bonds is 4. The van der Waals surface area contributed by atoms with Crippen LogP contribution in [0.2, 0.25) is 0 Å². The van der Waals surface area contributed by atoms with E-state index in [4.69, 9.17) is 4.74 Å². The van der Waals surface area contributed by atoms with Crippen molar-refractivity contribution in [3.8, 4) is 5.75 Å². The molecule has 0 unspecified atom stereocenters. The third-order valence-corrected chi connectivity index (χ3v) is 3.50. The summed E-state index contributed by atoms with van der Waals surface area (Å²) < 4.78 is 5.17. The zero-order valence-electron chi connectivity index (χ0n) is 12.2. The molecule has 0 bridgehead atoms.